The number of aryl methyl sites for hydroxylation is 2. The van der Waals surface area contributed by atoms with Gasteiger partial charge in [-0.25, -0.2) is 9.78 Å². The van der Waals surface area contributed by atoms with Crippen molar-refractivity contribution in [1.29, 1.82) is 0 Å². The van der Waals surface area contributed by atoms with Gasteiger partial charge in [0.25, 0.3) is 0 Å². The van der Waals surface area contributed by atoms with E-state index < -0.39 is 0 Å². The Balaban J connectivity index is 1.68. The normalized spacial score (nSPS) is 17.1. The molecular weight excluding hydrogens is 306 g/mol. The number of carbonyl (C=O) groups is 1. The van der Waals surface area contributed by atoms with Crippen molar-refractivity contribution in [1.82, 2.24) is 25.4 Å². The van der Waals surface area contributed by atoms with Gasteiger partial charge in [0, 0.05) is 23.9 Å². The van der Waals surface area contributed by atoms with Crippen LogP contribution in [-0.4, -0.2) is 39.8 Å². The summed E-state index contributed by atoms with van der Waals surface area (Å²) in [5.74, 6) is 0.547. The molecule has 1 aliphatic heterocycles. The molecule has 24 heavy (non-hydrogen) atoms. The van der Waals surface area contributed by atoms with Crippen LogP contribution in [0.25, 0.3) is 0 Å². The second-order valence-corrected chi connectivity index (χ2v) is 6.03. The van der Waals surface area contributed by atoms with Gasteiger partial charge in [-0.2, -0.15) is 5.10 Å². The van der Waals surface area contributed by atoms with Crippen LogP contribution in [0.2, 0.25) is 0 Å². The smallest absolute Gasteiger partial charge is 0.318 e. The second-order valence-electron chi connectivity index (χ2n) is 6.03. The fourth-order valence-electron chi connectivity index (χ4n) is 3.30. The first-order chi connectivity index (χ1) is 11.6. The van der Waals surface area contributed by atoms with Gasteiger partial charge in [0.05, 0.1) is 31.1 Å². The molecule has 1 atom stereocenters. The van der Waals surface area contributed by atoms with Gasteiger partial charge in [-0.1, -0.05) is 6.07 Å². The van der Waals surface area contributed by atoms with Crippen molar-refractivity contribution in [3.05, 3.63) is 40.8 Å². The number of ether oxygens (including phenoxy) is 1. The van der Waals surface area contributed by atoms with Gasteiger partial charge in [-0.05, 0) is 32.8 Å². The monoisotopic (exact) mass is 329 g/mol. The van der Waals surface area contributed by atoms with Crippen molar-refractivity contribution in [3.63, 3.8) is 0 Å². The zero-order valence-corrected chi connectivity index (χ0v) is 14.3. The van der Waals surface area contributed by atoms with Crippen molar-refractivity contribution in [3.8, 4) is 5.88 Å². The predicted octanol–water partition coefficient (Wildman–Crippen LogP) is 2.48. The molecule has 1 unspecified atom stereocenters. The SMILES string of the molecule is COc1cccc(CNC(=O)N2CCCC2c2c(C)n[nH]c2C)n1. The maximum atomic E-state index is 12.6. The van der Waals surface area contributed by atoms with Crippen LogP contribution in [-0.2, 0) is 6.54 Å². The molecule has 0 saturated carbocycles. The number of pyridine rings is 1. The highest BCUT2D eigenvalue weighted by Gasteiger charge is 2.32. The maximum absolute atomic E-state index is 12.6. The molecule has 2 amide bonds. The van der Waals surface area contributed by atoms with Crippen molar-refractivity contribution in [2.45, 2.75) is 39.3 Å². The molecule has 0 spiro atoms. The Labute approximate surface area is 141 Å². The highest BCUT2D eigenvalue weighted by Crippen LogP contribution is 2.34. The van der Waals surface area contributed by atoms with Gasteiger partial charge in [0.15, 0.2) is 0 Å². The lowest BCUT2D eigenvalue weighted by Crippen LogP contribution is -2.39. The molecule has 0 bridgehead atoms. The van der Waals surface area contributed by atoms with Crippen molar-refractivity contribution < 1.29 is 9.53 Å². The number of urea groups is 1. The van der Waals surface area contributed by atoms with Crippen molar-refractivity contribution in [2.24, 2.45) is 0 Å². The minimum Gasteiger partial charge on any atom is -0.481 e. The summed E-state index contributed by atoms with van der Waals surface area (Å²) in [5, 5.41) is 10.2. The van der Waals surface area contributed by atoms with Crippen LogP contribution in [0, 0.1) is 13.8 Å². The highest BCUT2D eigenvalue weighted by molar-refractivity contribution is 5.75. The number of carbonyl (C=O) groups excluding carboxylic acids is 1. The number of nitrogens with one attached hydrogen (secondary N) is 2. The first-order valence-corrected chi connectivity index (χ1v) is 8.16. The van der Waals surface area contributed by atoms with Crippen LogP contribution in [0.3, 0.4) is 0 Å². The molecule has 1 saturated heterocycles. The van der Waals surface area contributed by atoms with Crippen LogP contribution < -0.4 is 10.1 Å². The lowest BCUT2D eigenvalue weighted by molar-refractivity contribution is 0.192. The summed E-state index contributed by atoms with van der Waals surface area (Å²) in [5.41, 5.74) is 3.91. The number of hydrogen-bond acceptors (Lipinski definition) is 4. The Hall–Kier alpha value is -2.57. The average molecular weight is 329 g/mol. The largest absolute Gasteiger partial charge is 0.481 e. The molecule has 7 nitrogen and oxygen atoms in total. The van der Waals surface area contributed by atoms with E-state index in [2.05, 4.69) is 20.5 Å². The summed E-state index contributed by atoms with van der Waals surface area (Å²) in [7, 11) is 1.58. The van der Waals surface area contributed by atoms with E-state index in [1.807, 2.05) is 30.9 Å². The third-order valence-electron chi connectivity index (χ3n) is 4.44. The van der Waals surface area contributed by atoms with Crippen molar-refractivity contribution >= 4 is 6.03 Å². The topological polar surface area (TPSA) is 83.1 Å². The number of methoxy groups -OCH3 is 1. The summed E-state index contributed by atoms with van der Waals surface area (Å²) in [6.07, 6.45) is 1.96. The number of hydrogen-bond donors (Lipinski definition) is 2. The van der Waals surface area contributed by atoms with E-state index in [4.69, 9.17) is 4.74 Å². The van der Waals surface area contributed by atoms with E-state index in [1.165, 1.54) is 0 Å². The Morgan fingerprint density at radius 3 is 3.00 bits per heavy atom. The fraction of sp³-hybridized carbons (Fsp3) is 0.471. The van der Waals surface area contributed by atoms with Crippen LogP contribution in [0.15, 0.2) is 18.2 Å². The highest BCUT2D eigenvalue weighted by atomic mass is 16.5. The lowest BCUT2D eigenvalue weighted by atomic mass is 10.0. The Bertz CT molecular complexity index is 708. The molecule has 0 radical (unpaired) electrons. The molecule has 3 rings (SSSR count). The molecule has 128 valence electrons. The molecule has 2 aromatic rings. The average Bonchev–Trinajstić information content (AvgIpc) is 3.19. The molecule has 2 aromatic heterocycles. The zero-order valence-electron chi connectivity index (χ0n) is 14.3. The summed E-state index contributed by atoms with van der Waals surface area (Å²) in [4.78, 5) is 18.8. The summed E-state index contributed by atoms with van der Waals surface area (Å²) >= 11 is 0. The quantitative estimate of drug-likeness (QED) is 0.902. The molecule has 0 aliphatic carbocycles. The van der Waals surface area contributed by atoms with Crippen LogP contribution in [0.4, 0.5) is 4.79 Å². The number of rotatable bonds is 4. The number of aromatic amines is 1. The van der Waals surface area contributed by atoms with E-state index in [0.29, 0.717) is 12.4 Å². The van der Waals surface area contributed by atoms with Crippen LogP contribution in [0.1, 0.15) is 41.5 Å². The second kappa shape index (κ2) is 6.90. The third kappa shape index (κ3) is 3.20. The van der Waals surface area contributed by atoms with E-state index in [-0.39, 0.29) is 12.1 Å². The number of H-pyrrole nitrogens is 1. The van der Waals surface area contributed by atoms with E-state index in [9.17, 15) is 4.79 Å². The fourth-order valence-corrected chi connectivity index (χ4v) is 3.30. The Kier molecular flexibility index (Phi) is 4.69. The first-order valence-electron chi connectivity index (χ1n) is 8.16. The van der Waals surface area contributed by atoms with Gasteiger partial charge >= 0.3 is 6.03 Å². The summed E-state index contributed by atoms with van der Waals surface area (Å²) in [6, 6.07) is 5.54. The third-order valence-corrected chi connectivity index (χ3v) is 4.44. The van der Waals surface area contributed by atoms with Crippen LogP contribution >= 0.6 is 0 Å². The van der Waals surface area contributed by atoms with Crippen molar-refractivity contribution in [2.75, 3.05) is 13.7 Å². The van der Waals surface area contributed by atoms with Gasteiger partial charge < -0.3 is 15.0 Å². The number of nitrogens with zero attached hydrogens (tertiary/aromatic N) is 3. The minimum absolute atomic E-state index is 0.0675. The number of aromatic nitrogens is 3. The molecule has 1 aliphatic rings. The molecule has 1 fully saturated rings. The summed E-state index contributed by atoms with van der Waals surface area (Å²) < 4.78 is 5.11. The first kappa shape index (κ1) is 16.3. The number of likely N-dealkylation sites (tertiary alicyclic amines) is 1. The molecule has 0 aromatic carbocycles. The molecular formula is C17H23N5O2. The Morgan fingerprint density at radius 2 is 2.29 bits per heavy atom. The van der Waals surface area contributed by atoms with E-state index >= 15 is 0 Å². The van der Waals surface area contributed by atoms with Gasteiger partial charge in [-0.3, -0.25) is 5.10 Å². The minimum atomic E-state index is -0.0675. The van der Waals surface area contributed by atoms with E-state index in [1.54, 1.807) is 13.2 Å². The van der Waals surface area contributed by atoms with Crippen LogP contribution in [0.5, 0.6) is 5.88 Å². The molecule has 3 heterocycles. The van der Waals surface area contributed by atoms with E-state index in [0.717, 1.165) is 42.0 Å². The Morgan fingerprint density at radius 1 is 1.46 bits per heavy atom. The predicted molar refractivity (Wildman–Crippen MR) is 89.8 cm³/mol. The van der Waals surface area contributed by atoms with Gasteiger partial charge in [-0.15, -0.1) is 0 Å². The van der Waals surface area contributed by atoms with Gasteiger partial charge in [0.1, 0.15) is 0 Å². The van der Waals surface area contributed by atoms with Gasteiger partial charge in [0.2, 0.25) is 5.88 Å². The number of amides is 2. The lowest BCUT2D eigenvalue weighted by Gasteiger charge is -2.25. The summed E-state index contributed by atoms with van der Waals surface area (Å²) in [6.45, 7) is 5.12. The zero-order chi connectivity index (χ0) is 17.1. The molecule has 2 N–H and O–H groups in total. The standard InChI is InChI=1S/C17H23N5O2/c1-11-16(12(2)21-20-11)14-7-5-9-22(14)17(23)18-10-13-6-4-8-15(19-13)24-3/h4,6,8,14H,5,7,9-10H2,1-3H3,(H,18,23)(H,20,21). The maximum Gasteiger partial charge on any atom is 0.318 e. The molecule has 7 heteroatoms.